The van der Waals surface area contributed by atoms with Crippen LogP contribution >= 0.6 is 11.3 Å². The lowest BCUT2D eigenvalue weighted by Crippen LogP contribution is -2.30. The number of hydrogen-bond acceptors (Lipinski definition) is 6. The van der Waals surface area contributed by atoms with Crippen molar-refractivity contribution < 1.29 is 4.79 Å². The summed E-state index contributed by atoms with van der Waals surface area (Å²) >= 11 is 1.34. The molecule has 114 valence electrons. The van der Waals surface area contributed by atoms with Gasteiger partial charge in [-0.15, -0.1) is 11.3 Å². The molecule has 0 aliphatic heterocycles. The minimum atomic E-state index is -0.0337. The Morgan fingerprint density at radius 2 is 2.00 bits per heavy atom. The lowest BCUT2D eigenvalue weighted by Gasteiger charge is -2.17. The van der Waals surface area contributed by atoms with Gasteiger partial charge >= 0.3 is 0 Å². The van der Waals surface area contributed by atoms with Gasteiger partial charge in [-0.1, -0.05) is 0 Å². The van der Waals surface area contributed by atoms with E-state index in [1.807, 2.05) is 34.0 Å². The van der Waals surface area contributed by atoms with Crippen molar-refractivity contribution in [1.29, 1.82) is 0 Å². The molecule has 2 aromatic heterocycles. The van der Waals surface area contributed by atoms with Crippen molar-refractivity contribution in [2.45, 2.75) is 13.8 Å². The van der Waals surface area contributed by atoms with Gasteiger partial charge in [0.25, 0.3) is 5.91 Å². The molecule has 0 aliphatic rings. The molecule has 4 N–H and O–H groups in total. The number of nitrogen functional groups attached to an aromatic ring is 1. The van der Waals surface area contributed by atoms with Gasteiger partial charge in [0.1, 0.15) is 15.5 Å². The fourth-order valence-electron chi connectivity index (χ4n) is 2.26. The van der Waals surface area contributed by atoms with Gasteiger partial charge in [-0.2, -0.15) is 0 Å². The zero-order valence-corrected chi connectivity index (χ0v) is 13.6. The van der Waals surface area contributed by atoms with Crippen LogP contribution in [0.3, 0.4) is 0 Å². The molecule has 2 heterocycles. The maximum Gasteiger partial charge on any atom is 0.266 e. The molecule has 7 heteroatoms. The van der Waals surface area contributed by atoms with E-state index in [2.05, 4.69) is 15.6 Å². The Kier molecular flexibility index (Phi) is 4.52. The van der Waals surface area contributed by atoms with Gasteiger partial charge in [-0.3, -0.25) is 4.79 Å². The second kappa shape index (κ2) is 6.17. The minimum Gasteiger partial charge on any atom is -0.397 e. The first-order valence-corrected chi connectivity index (χ1v) is 7.76. The summed E-state index contributed by atoms with van der Waals surface area (Å²) in [6, 6.07) is 1.89. The van der Waals surface area contributed by atoms with Crippen LogP contribution < -0.4 is 16.4 Å². The highest BCUT2D eigenvalue weighted by Crippen LogP contribution is 2.39. The largest absolute Gasteiger partial charge is 0.397 e. The highest BCUT2D eigenvalue weighted by atomic mass is 32.1. The zero-order valence-electron chi connectivity index (χ0n) is 12.8. The van der Waals surface area contributed by atoms with Crippen LogP contribution in [0.15, 0.2) is 6.07 Å². The summed E-state index contributed by atoms with van der Waals surface area (Å²) in [6.45, 7) is 5.25. The SMILES string of the molecule is CCN(CC)C(=O)c1sc2nc(NC)cc(NC)c2c1N. The van der Waals surface area contributed by atoms with Crippen LogP contribution in [0.25, 0.3) is 10.2 Å². The molecule has 2 aromatic rings. The first kappa shape index (κ1) is 15.4. The molecule has 0 fully saturated rings. The molecule has 0 atom stereocenters. The number of carbonyl (C=O) groups is 1. The van der Waals surface area contributed by atoms with E-state index in [1.165, 1.54) is 11.3 Å². The Hall–Kier alpha value is -2.02. The summed E-state index contributed by atoms with van der Waals surface area (Å²) in [5, 5.41) is 6.95. The Morgan fingerprint density at radius 3 is 2.52 bits per heavy atom. The van der Waals surface area contributed by atoms with E-state index < -0.39 is 0 Å². The predicted molar refractivity (Wildman–Crippen MR) is 90.4 cm³/mol. The number of rotatable bonds is 5. The average Bonchev–Trinajstić information content (AvgIpc) is 2.84. The van der Waals surface area contributed by atoms with Crippen molar-refractivity contribution in [1.82, 2.24) is 9.88 Å². The van der Waals surface area contributed by atoms with Crippen LogP contribution in [0.1, 0.15) is 23.5 Å². The Labute approximate surface area is 128 Å². The number of fused-ring (bicyclic) bond motifs is 1. The van der Waals surface area contributed by atoms with Crippen LogP contribution in [0.4, 0.5) is 17.2 Å². The Bertz CT molecular complexity index is 663. The smallest absolute Gasteiger partial charge is 0.266 e. The molecule has 0 unspecified atom stereocenters. The van der Waals surface area contributed by atoms with Crippen LogP contribution in [0, 0.1) is 0 Å². The fraction of sp³-hybridized carbons (Fsp3) is 0.429. The van der Waals surface area contributed by atoms with E-state index in [9.17, 15) is 4.79 Å². The summed E-state index contributed by atoms with van der Waals surface area (Å²) in [6.07, 6.45) is 0. The van der Waals surface area contributed by atoms with Crippen molar-refractivity contribution in [2.24, 2.45) is 0 Å². The lowest BCUT2D eigenvalue weighted by atomic mass is 10.2. The monoisotopic (exact) mass is 307 g/mol. The molecule has 0 aromatic carbocycles. The van der Waals surface area contributed by atoms with Gasteiger partial charge in [0, 0.05) is 38.9 Å². The van der Waals surface area contributed by atoms with Gasteiger partial charge in [-0.05, 0) is 13.8 Å². The van der Waals surface area contributed by atoms with E-state index in [-0.39, 0.29) is 5.91 Å². The van der Waals surface area contributed by atoms with Crippen molar-refractivity contribution in [3.63, 3.8) is 0 Å². The maximum atomic E-state index is 12.5. The molecule has 21 heavy (non-hydrogen) atoms. The van der Waals surface area contributed by atoms with Crippen molar-refractivity contribution in [3.8, 4) is 0 Å². The maximum absolute atomic E-state index is 12.5. The van der Waals surface area contributed by atoms with Gasteiger partial charge < -0.3 is 21.3 Å². The Morgan fingerprint density at radius 1 is 1.33 bits per heavy atom. The van der Waals surface area contributed by atoms with Crippen molar-refractivity contribution >= 4 is 44.7 Å². The molecule has 0 bridgehead atoms. The Balaban J connectivity index is 2.62. The second-order valence-electron chi connectivity index (χ2n) is 4.56. The number of aromatic nitrogens is 1. The van der Waals surface area contributed by atoms with E-state index in [0.717, 1.165) is 21.7 Å². The third-order valence-electron chi connectivity index (χ3n) is 3.47. The van der Waals surface area contributed by atoms with E-state index in [1.54, 1.807) is 4.90 Å². The lowest BCUT2D eigenvalue weighted by molar-refractivity contribution is 0.0779. The average molecular weight is 307 g/mol. The van der Waals surface area contributed by atoms with Crippen LogP contribution in [0.5, 0.6) is 0 Å². The fourth-order valence-corrected chi connectivity index (χ4v) is 3.35. The number of nitrogens with two attached hydrogens (primary N) is 1. The molecule has 0 radical (unpaired) electrons. The highest BCUT2D eigenvalue weighted by Gasteiger charge is 2.22. The van der Waals surface area contributed by atoms with E-state index in [0.29, 0.717) is 23.7 Å². The van der Waals surface area contributed by atoms with E-state index in [4.69, 9.17) is 5.73 Å². The summed E-state index contributed by atoms with van der Waals surface area (Å²) < 4.78 is 0. The van der Waals surface area contributed by atoms with Gasteiger partial charge in [-0.25, -0.2) is 4.98 Å². The summed E-state index contributed by atoms with van der Waals surface area (Å²) in [5.74, 6) is 0.712. The molecular formula is C14H21N5OS. The molecule has 1 amide bonds. The normalized spacial score (nSPS) is 10.7. The molecular weight excluding hydrogens is 286 g/mol. The van der Waals surface area contributed by atoms with Crippen LogP contribution in [0.2, 0.25) is 0 Å². The van der Waals surface area contributed by atoms with Crippen molar-refractivity contribution in [3.05, 3.63) is 10.9 Å². The zero-order chi connectivity index (χ0) is 15.6. The number of amides is 1. The number of nitrogens with zero attached hydrogens (tertiary/aromatic N) is 2. The summed E-state index contributed by atoms with van der Waals surface area (Å²) in [4.78, 5) is 20.1. The van der Waals surface area contributed by atoms with Gasteiger partial charge in [0.15, 0.2) is 0 Å². The number of thiophene rings is 1. The third kappa shape index (κ3) is 2.61. The molecule has 0 saturated heterocycles. The molecule has 6 nitrogen and oxygen atoms in total. The first-order chi connectivity index (χ1) is 10.1. The van der Waals surface area contributed by atoms with Crippen molar-refractivity contribution in [2.75, 3.05) is 43.6 Å². The topological polar surface area (TPSA) is 83.3 Å². The molecule has 2 rings (SSSR count). The van der Waals surface area contributed by atoms with Crippen LogP contribution in [-0.2, 0) is 0 Å². The number of pyridine rings is 1. The second-order valence-corrected chi connectivity index (χ2v) is 5.56. The van der Waals surface area contributed by atoms with E-state index >= 15 is 0 Å². The number of carbonyl (C=O) groups excluding carboxylic acids is 1. The van der Waals surface area contributed by atoms with Crippen LogP contribution in [-0.4, -0.2) is 43.0 Å². The molecule has 0 saturated carbocycles. The number of nitrogens with one attached hydrogen (secondary N) is 2. The van der Waals surface area contributed by atoms with Gasteiger partial charge in [0.2, 0.25) is 0 Å². The minimum absolute atomic E-state index is 0.0337. The first-order valence-electron chi connectivity index (χ1n) is 6.95. The summed E-state index contributed by atoms with van der Waals surface area (Å²) in [7, 11) is 3.64. The molecule has 0 spiro atoms. The quantitative estimate of drug-likeness (QED) is 0.790. The number of anilines is 3. The third-order valence-corrected chi connectivity index (χ3v) is 4.56. The highest BCUT2D eigenvalue weighted by molar-refractivity contribution is 7.21. The molecule has 0 aliphatic carbocycles. The number of hydrogen-bond donors (Lipinski definition) is 3. The predicted octanol–water partition coefficient (Wildman–Crippen LogP) is 2.44. The van der Waals surface area contributed by atoms with Gasteiger partial charge in [0.05, 0.1) is 11.1 Å². The standard InChI is InChI=1S/C14H21N5OS/c1-5-19(6-2)14(20)12-11(15)10-8(16-3)7-9(17-4)18-13(10)21-12/h7H,5-6,15H2,1-4H3,(H2,16,17,18). The summed E-state index contributed by atoms with van der Waals surface area (Å²) in [5.41, 5.74) is 7.60.